The zero-order chi connectivity index (χ0) is 24.2. The normalized spacial score (nSPS) is 17.3. The fourth-order valence-electron chi connectivity index (χ4n) is 4.12. The number of rotatable bonds is 8. The van der Waals surface area contributed by atoms with Gasteiger partial charge in [-0.2, -0.15) is 0 Å². The molecule has 1 amide bonds. The van der Waals surface area contributed by atoms with Crippen LogP contribution in [0, 0.1) is 0 Å². The number of carbonyl (C=O) groups excluding carboxylic acids is 1. The van der Waals surface area contributed by atoms with Gasteiger partial charge in [-0.25, -0.2) is 13.5 Å². The van der Waals surface area contributed by atoms with Gasteiger partial charge in [-0.3, -0.25) is 4.79 Å². The minimum atomic E-state index is -1.28. The summed E-state index contributed by atoms with van der Waals surface area (Å²) < 4.78 is 14.9. The summed E-state index contributed by atoms with van der Waals surface area (Å²) in [7, 11) is -1.28. The van der Waals surface area contributed by atoms with E-state index in [2.05, 4.69) is 11.4 Å². The number of allylic oxidation sites excluding steroid dienone is 1. The van der Waals surface area contributed by atoms with Gasteiger partial charge in [0.1, 0.15) is 16.7 Å². The van der Waals surface area contributed by atoms with Crippen LogP contribution in [0.2, 0.25) is 0 Å². The number of fused-ring (bicyclic) bond motifs is 1. The molecule has 0 radical (unpaired) electrons. The van der Waals surface area contributed by atoms with E-state index in [4.69, 9.17) is 4.98 Å². The van der Waals surface area contributed by atoms with Crippen LogP contribution in [0.25, 0.3) is 17.3 Å². The SMILES string of the molecule is C/C=C/c1cccc(-c2nc(C(=O)NCCC)cc3c2[C@@H](CCO)N([S@](=O)C(C)(C)C)C3)c1. The fourth-order valence-corrected chi connectivity index (χ4v) is 5.52. The number of aliphatic hydroxyl groups is 1. The predicted molar refractivity (Wildman–Crippen MR) is 135 cm³/mol. The molecule has 1 aromatic heterocycles. The minimum Gasteiger partial charge on any atom is -0.396 e. The van der Waals surface area contributed by atoms with Gasteiger partial charge in [0, 0.05) is 30.8 Å². The molecule has 0 saturated heterocycles. The van der Waals surface area contributed by atoms with E-state index in [1.165, 1.54) is 0 Å². The van der Waals surface area contributed by atoms with E-state index in [-0.39, 0.29) is 18.6 Å². The molecule has 0 saturated carbocycles. The number of pyridine rings is 1. The molecule has 0 unspecified atom stereocenters. The zero-order valence-corrected chi connectivity index (χ0v) is 21.0. The molecule has 1 aromatic carbocycles. The van der Waals surface area contributed by atoms with E-state index >= 15 is 0 Å². The number of aliphatic hydroxyl groups excluding tert-OH is 1. The van der Waals surface area contributed by atoms with Crippen LogP contribution in [0.1, 0.15) is 80.7 Å². The molecular weight excluding hydrogens is 434 g/mol. The van der Waals surface area contributed by atoms with Crippen molar-refractivity contribution in [1.82, 2.24) is 14.6 Å². The van der Waals surface area contributed by atoms with Crippen LogP contribution in [0.4, 0.5) is 0 Å². The van der Waals surface area contributed by atoms with Crippen LogP contribution in [-0.4, -0.2) is 42.4 Å². The highest BCUT2D eigenvalue weighted by molar-refractivity contribution is 7.84. The lowest BCUT2D eigenvalue weighted by Gasteiger charge is -2.30. The van der Waals surface area contributed by atoms with Crippen LogP contribution in [0.3, 0.4) is 0 Å². The Morgan fingerprint density at radius 3 is 2.73 bits per heavy atom. The number of hydrogen-bond acceptors (Lipinski definition) is 4. The summed E-state index contributed by atoms with van der Waals surface area (Å²) in [6.45, 7) is 10.8. The number of nitrogens with zero attached hydrogens (tertiary/aromatic N) is 2. The molecule has 1 aliphatic heterocycles. The van der Waals surface area contributed by atoms with Crippen molar-refractivity contribution in [3.8, 4) is 11.3 Å². The maximum Gasteiger partial charge on any atom is 0.269 e. The molecule has 7 heteroatoms. The van der Waals surface area contributed by atoms with Gasteiger partial charge in [-0.05, 0) is 63.8 Å². The van der Waals surface area contributed by atoms with Gasteiger partial charge in [0.2, 0.25) is 0 Å². The third-order valence-electron chi connectivity index (χ3n) is 5.58. The lowest BCUT2D eigenvalue weighted by molar-refractivity contribution is 0.0948. The summed E-state index contributed by atoms with van der Waals surface area (Å²) in [5, 5.41) is 12.8. The number of carbonyl (C=O) groups is 1. The topological polar surface area (TPSA) is 82.5 Å². The van der Waals surface area contributed by atoms with Crippen molar-refractivity contribution in [1.29, 1.82) is 0 Å². The Bertz CT molecular complexity index is 1060. The van der Waals surface area contributed by atoms with E-state index in [0.29, 0.717) is 30.9 Å². The molecule has 6 nitrogen and oxygen atoms in total. The minimum absolute atomic E-state index is 0.0290. The molecule has 2 N–H and O–H groups in total. The van der Waals surface area contributed by atoms with Crippen molar-refractivity contribution in [3.63, 3.8) is 0 Å². The van der Waals surface area contributed by atoms with Crippen molar-refractivity contribution in [2.45, 2.75) is 64.8 Å². The number of aromatic nitrogens is 1. The Morgan fingerprint density at radius 2 is 2.09 bits per heavy atom. The van der Waals surface area contributed by atoms with E-state index < -0.39 is 15.7 Å². The van der Waals surface area contributed by atoms with E-state index in [0.717, 1.165) is 28.7 Å². The van der Waals surface area contributed by atoms with Crippen LogP contribution in [-0.2, 0) is 17.5 Å². The van der Waals surface area contributed by atoms with Crippen molar-refractivity contribution in [2.24, 2.45) is 0 Å². The predicted octanol–water partition coefficient (Wildman–Crippen LogP) is 4.62. The zero-order valence-electron chi connectivity index (χ0n) is 20.2. The van der Waals surface area contributed by atoms with E-state index in [9.17, 15) is 14.1 Å². The highest BCUT2D eigenvalue weighted by atomic mass is 32.2. The van der Waals surface area contributed by atoms with Gasteiger partial charge >= 0.3 is 0 Å². The maximum absolute atomic E-state index is 13.4. The Kier molecular flexibility index (Phi) is 8.21. The molecule has 3 rings (SSSR count). The highest BCUT2D eigenvalue weighted by Crippen LogP contribution is 2.44. The molecule has 0 bridgehead atoms. The monoisotopic (exact) mass is 469 g/mol. The second kappa shape index (κ2) is 10.7. The van der Waals surface area contributed by atoms with E-state index in [1.807, 2.05) is 75.3 Å². The summed E-state index contributed by atoms with van der Waals surface area (Å²) in [6, 6.07) is 9.62. The lowest BCUT2D eigenvalue weighted by Crippen LogP contribution is -2.36. The first kappa shape index (κ1) is 25.3. The Morgan fingerprint density at radius 1 is 1.33 bits per heavy atom. The van der Waals surface area contributed by atoms with Crippen molar-refractivity contribution in [3.05, 3.63) is 58.8 Å². The smallest absolute Gasteiger partial charge is 0.269 e. The Balaban J connectivity index is 2.20. The third-order valence-corrected chi connectivity index (χ3v) is 7.44. The second-order valence-electron chi connectivity index (χ2n) is 9.28. The maximum atomic E-state index is 13.4. The average molecular weight is 470 g/mol. The summed E-state index contributed by atoms with van der Waals surface area (Å²) in [5.41, 5.74) is 4.91. The van der Waals surface area contributed by atoms with Gasteiger partial charge in [0.15, 0.2) is 0 Å². The molecule has 2 aromatic rings. The molecule has 0 aliphatic carbocycles. The lowest BCUT2D eigenvalue weighted by atomic mass is 9.95. The van der Waals surface area contributed by atoms with Gasteiger partial charge in [0.25, 0.3) is 5.91 Å². The average Bonchev–Trinajstić information content (AvgIpc) is 3.14. The number of hydrogen-bond donors (Lipinski definition) is 2. The van der Waals surface area contributed by atoms with Crippen LogP contribution in [0.5, 0.6) is 0 Å². The quantitative estimate of drug-likeness (QED) is 0.591. The summed E-state index contributed by atoms with van der Waals surface area (Å²) >= 11 is 0. The molecule has 0 fully saturated rings. The van der Waals surface area contributed by atoms with Crippen LogP contribution in [0.15, 0.2) is 36.4 Å². The van der Waals surface area contributed by atoms with Crippen molar-refractivity contribution >= 4 is 23.0 Å². The van der Waals surface area contributed by atoms with Crippen molar-refractivity contribution in [2.75, 3.05) is 13.2 Å². The van der Waals surface area contributed by atoms with E-state index in [1.54, 1.807) is 0 Å². The molecule has 1 aliphatic rings. The third kappa shape index (κ3) is 5.60. The molecular formula is C26H35N3O3S. The first-order valence-corrected chi connectivity index (χ1v) is 12.7. The summed E-state index contributed by atoms with van der Waals surface area (Å²) in [6.07, 6.45) is 5.29. The van der Waals surface area contributed by atoms with Gasteiger partial charge in [0.05, 0.1) is 16.5 Å². The summed E-state index contributed by atoms with van der Waals surface area (Å²) in [5.74, 6) is -0.209. The van der Waals surface area contributed by atoms with Crippen LogP contribution < -0.4 is 5.32 Å². The number of nitrogens with one attached hydrogen (secondary N) is 1. The first-order chi connectivity index (χ1) is 15.7. The molecule has 0 spiro atoms. The summed E-state index contributed by atoms with van der Waals surface area (Å²) in [4.78, 5) is 17.7. The number of benzene rings is 1. The first-order valence-electron chi connectivity index (χ1n) is 11.6. The Hall–Kier alpha value is -2.35. The number of amides is 1. The molecule has 2 heterocycles. The molecule has 2 atom stereocenters. The molecule has 33 heavy (non-hydrogen) atoms. The van der Waals surface area contributed by atoms with Crippen LogP contribution >= 0.6 is 0 Å². The van der Waals surface area contributed by atoms with Gasteiger partial charge < -0.3 is 10.4 Å². The van der Waals surface area contributed by atoms with Crippen molar-refractivity contribution < 1.29 is 14.1 Å². The largest absolute Gasteiger partial charge is 0.396 e. The van der Waals surface area contributed by atoms with Gasteiger partial charge in [-0.1, -0.05) is 37.3 Å². The fraction of sp³-hybridized carbons (Fsp3) is 0.462. The highest BCUT2D eigenvalue weighted by Gasteiger charge is 2.40. The standard InChI is InChI=1S/C26H35N3O3S/c1-6-9-18-10-8-11-19(15-18)24-23-20(16-21(28-24)25(31)27-13-7-2)17-29(22(23)12-14-30)33(32)26(3,4)5/h6,8-11,15-16,22,30H,7,12-14,17H2,1-5H3,(H,27,31)/b9-6+/t22-,33-/m1/s1. The van der Waals surface area contributed by atoms with Gasteiger partial charge in [-0.15, -0.1) is 0 Å². The Labute approximate surface area is 199 Å². The second-order valence-corrected chi connectivity index (χ2v) is 11.5. The molecule has 178 valence electrons.